The van der Waals surface area contributed by atoms with Gasteiger partial charge in [0.15, 0.2) is 0 Å². The minimum Gasteiger partial charge on any atom is -0.488 e. The van der Waals surface area contributed by atoms with Crippen LogP contribution in [-0.2, 0) is 23.4 Å². The van der Waals surface area contributed by atoms with E-state index in [1.54, 1.807) is 7.11 Å². The molecule has 0 saturated carbocycles. The summed E-state index contributed by atoms with van der Waals surface area (Å²) in [4.78, 5) is 4.97. The van der Waals surface area contributed by atoms with Crippen LogP contribution in [0.3, 0.4) is 0 Å². The fraction of sp³-hybridized carbons (Fsp3) is 0.370. The van der Waals surface area contributed by atoms with E-state index >= 15 is 0 Å². The number of pyridine rings is 1. The first-order valence-corrected chi connectivity index (χ1v) is 10.5. The third-order valence-electron chi connectivity index (χ3n) is 5.58. The summed E-state index contributed by atoms with van der Waals surface area (Å²) in [6, 6.07) is 16.9. The lowest BCUT2D eigenvalue weighted by Crippen LogP contribution is -2.12. The molecule has 2 aromatic carbocycles. The van der Waals surface area contributed by atoms with Gasteiger partial charge in [0.25, 0.3) is 0 Å². The molecule has 158 valence electrons. The number of aromatic nitrogens is 1. The van der Waals surface area contributed by atoms with E-state index < -0.39 is 0 Å². The van der Waals surface area contributed by atoms with Crippen molar-refractivity contribution in [3.8, 4) is 17.0 Å². The minimum absolute atomic E-state index is 0.110. The summed E-state index contributed by atoms with van der Waals surface area (Å²) in [6.07, 6.45) is 0. The molecule has 0 aliphatic rings. The summed E-state index contributed by atoms with van der Waals surface area (Å²) >= 11 is 0. The monoisotopic (exact) mass is 403 g/mol. The molecule has 0 N–H and O–H groups in total. The van der Waals surface area contributed by atoms with E-state index in [4.69, 9.17) is 14.5 Å². The molecule has 1 aromatic heterocycles. The van der Waals surface area contributed by atoms with Gasteiger partial charge in [-0.3, -0.25) is 4.98 Å². The second kappa shape index (κ2) is 9.01. The zero-order valence-corrected chi connectivity index (χ0v) is 19.3. The van der Waals surface area contributed by atoms with Crippen LogP contribution in [0.2, 0.25) is 0 Å². The molecule has 0 spiro atoms. The Morgan fingerprint density at radius 1 is 0.900 bits per heavy atom. The largest absolute Gasteiger partial charge is 0.488 e. The van der Waals surface area contributed by atoms with Gasteiger partial charge in [-0.1, -0.05) is 69.3 Å². The van der Waals surface area contributed by atoms with Gasteiger partial charge in [0.05, 0.1) is 12.3 Å². The van der Waals surface area contributed by atoms with Gasteiger partial charge in [-0.15, -0.1) is 0 Å². The maximum Gasteiger partial charge on any atom is 0.132 e. The predicted molar refractivity (Wildman–Crippen MR) is 124 cm³/mol. The Kier molecular flexibility index (Phi) is 6.62. The Labute approximate surface area is 181 Å². The van der Waals surface area contributed by atoms with Gasteiger partial charge in [-0.25, -0.2) is 0 Å². The van der Waals surface area contributed by atoms with Crippen LogP contribution in [0.15, 0.2) is 48.5 Å². The van der Waals surface area contributed by atoms with Crippen LogP contribution >= 0.6 is 0 Å². The molecular weight excluding hydrogens is 370 g/mol. The molecule has 3 aromatic rings. The Balaban J connectivity index is 2.10. The number of ether oxygens (including phenoxy) is 2. The van der Waals surface area contributed by atoms with Crippen LogP contribution in [0, 0.1) is 20.8 Å². The van der Waals surface area contributed by atoms with Crippen molar-refractivity contribution in [2.75, 3.05) is 7.11 Å². The van der Waals surface area contributed by atoms with Crippen LogP contribution in [0.4, 0.5) is 0 Å². The van der Waals surface area contributed by atoms with Gasteiger partial charge < -0.3 is 9.47 Å². The Morgan fingerprint density at radius 2 is 1.60 bits per heavy atom. The average molecular weight is 404 g/mol. The molecule has 0 atom stereocenters. The molecule has 3 nitrogen and oxygen atoms in total. The molecule has 0 unspecified atom stereocenters. The zero-order valence-electron chi connectivity index (χ0n) is 19.3. The number of methoxy groups -OCH3 is 1. The minimum atomic E-state index is 0.110. The Hall–Kier alpha value is -2.65. The van der Waals surface area contributed by atoms with Crippen molar-refractivity contribution in [2.45, 2.75) is 60.2 Å². The van der Waals surface area contributed by atoms with E-state index in [1.165, 1.54) is 11.1 Å². The number of benzene rings is 2. The molecule has 0 saturated heterocycles. The summed E-state index contributed by atoms with van der Waals surface area (Å²) in [5.41, 5.74) is 8.90. The zero-order chi connectivity index (χ0) is 21.9. The van der Waals surface area contributed by atoms with Crippen molar-refractivity contribution in [1.29, 1.82) is 0 Å². The Morgan fingerprint density at radius 3 is 2.20 bits per heavy atom. The van der Waals surface area contributed by atoms with E-state index in [2.05, 4.69) is 65.0 Å². The summed E-state index contributed by atoms with van der Waals surface area (Å²) in [7, 11) is 1.72. The SMILES string of the molecule is COCc1c(-c2ccc(C(C)(C)C)cc2C)nc(C)c(C)c1OCc1ccccc1. The van der Waals surface area contributed by atoms with Crippen molar-refractivity contribution in [1.82, 2.24) is 4.98 Å². The Bertz CT molecular complexity index is 1020. The second-order valence-electron chi connectivity index (χ2n) is 8.97. The fourth-order valence-corrected chi connectivity index (χ4v) is 3.64. The smallest absolute Gasteiger partial charge is 0.132 e. The van der Waals surface area contributed by atoms with Crippen molar-refractivity contribution < 1.29 is 9.47 Å². The van der Waals surface area contributed by atoms with E-state index in [0.717, 1.165) is 39.4 Å². The van der Waals surface area contributed by atoms with Crippen molar-refractivity contribution >= 4 is 0 Å². The number of nitrogens with zero attached hydrogens (tertiary/aromatic N) is 1. The average Bonchev–Trinajstić information content (AvgIpc) is 2.70. The highest BCUT2D eigenvalue weighted by Crippen LogP contribution is 2.37. The molecule has 0 amide bonds. The molecular formula is C27H33NO2. The summed E-state index contributed by atoms with van der Waals surface area (Å²) in [5.74, 6) is 0.877. The quantitative estimate of drug-likeness (QED) is 0.459. The van der Waals surface area contributed by atoms with Gasteiger partial charge in [0, 0.05) is 29.5 Å². The van der Waals surface area contributed by atoms with Crippen LogP contribution < -0.4 is 4.74 Å². The van der Waals surface area contributed by atoms with Gasteiger partial charge in [-0.05, 0) is 42.9 Å². The maximum atomic E-state index is 6.35. The lowest BCUT2D eigenvalue weighted by molar-refractivity contribution is 0.179. The van der Waals surface area contributed by atoms with E-state index in [0.29, 0.717) is 13.2 Å². The van der Waals surface area contributed by atoms with E-state index in [1.807, 2.05) is 25.1 Å². The van der Waals surface area contributed by atoms with Crippen molar-refractivity contribution in [3.05, 3.63) is 82.0 Å². The molecule has 3 heteroatoms. The van der Waals surface area contributed by atoms with E-state index in [9.17, 15) is 0 Å². The lowest BCUT2D eigenvalue weighted by Gasteiger charge is -2.22. The topological polar surface area (TPSA) is 31.4 Å². The molecule has 30 heavy (non-hydrogen) atoms. The normalized spacial score (nSPS) is 11.6. The predicted octanol–water partition coefficient (Wildman–Crippen LogP) is 6.70. The lowest BCUT2D eigenvalue weighted by atomic mass is 9.84. The number of aryl methyl sites for hydroxylation is 2. The molecule has 0 radical (unpaired) electrons. The van der Waals surface area contributed by atoms with Crippen LogP contribution in [0.25, 0.3) is 11.3 Å². The van der Waals surface area contributed by atoms with Crippen molar-refractivity contribution in [3.63, 3.8) is 0 Å². The first-order valence-electron chi connectivity index (χ1n) is 10.5. The molecule has 0 aliphatic heterocycles. The fourth-order valence-electron chi connectivity index (χ4n) is 3.64. The summed E-state index contributed by atoms with van der Waals surface area (Å²) in [5, 5.41) is 0. The maximum absolute atomic E-state index is 6.35. The van der Waals surface area contributed by atoms with Crippen LogP contribution in [0.1, 0.15) is 54.3 Å². The number of rotatable bonds is 6. The van der Waals surface area contributed by atoms with Gasteiger partial charge >= 0.3 is 0 Å². The van der Waals surface area contributed by atoms with Gasteiger partial charge in [0.2, 0.25) is 0 Å². The highest BCUT2D eigenvalue weighted by molar-refractivity contribution is 5.71. The standard InChI is InChI=1S/C27H33NO2/c1-18-15-22(27(4,5)6)13-14-23(18)25-24(17-29-7)26(19(2)20(3)28-25)30-16-21-11-9-8-10-12-21/h8-15H,16-17H2,1-7H3. The number of hydrogen-bond donors (Lipinski definition) is 0. The molecule has 3 rings (SSSR count). The molecule has 0 fully saturated rings. The van der Waals surface area contributed by atoms with E-state index in [-0.39, 0.29) is 5.41 Å². The third-order valence-corrected chi connectivity index (χ3v) is 5.58. The van der Waals surface area contributed by atoms with Crippen LogP contribution in [0.5, 0.6) is 5.75 Å². The molecule has 1 heterocycles. The summed E-state index contributed by atoms with van der Waals surface area (Å²) < 4.78 is 11.9. The second-order valence-corrected chi connectivity index (χ2v) is 8.97. The van der Waals surface area contributed by atoms with Crippen LogP contribution in [-0.4, -0.2) is 12.1 Å². The molecule has 0 aliphatic carbocycles. The first-order chi connectivity index (χ1) is 14.2. The van der Waals surface area contributed by atoms with Crippen molar-refractivity contribution in [2.24, 2.45) is 0 Å². The highest BCUT2D eigenvalue weighted by atomic mass is 16.5. The van der Waals surface area contributed by atoms with Gasteiger partial charge in [0.1, 0.15) is 12.4 Å². The highest BCUT2D eigenvalue weighted by Gasteiger charge is 2.21. The summed E-state index contributed by atoms with van der Waals surface area (Å²) in [6.45, 7) is 14.0. The molecule has 0 bridgehead atoms. The first kappa shape index (κ1) is 22.0. The number of hydrogen-bond acceptors (Lipinski definition) is 3. The third kappa shape index (κ3) is 4.73. The van der Waals surface area contributed by atoms with Gasteiger partial charge in [-0.2, -0.15) is 0 Å².